The van der Waals surface area contributed by atoms with Crippen molar-refractivity contribution >= 4 is 16.7 Å². The molecule has 1 atom stereocenters. The van der Waals surface area contributed by atoms with Gasteiger partial charge in [0.2, 0.25) is 5.91 Å². The number of benzene rings is 2. The van der Waals surface area contributed by atoms with Crippen LogP contribution in [-0.2, 0) is 29.7 Å². The highest BCUT2D eigenvalue weighted by atomic mass is 19.1. The van der Waals surface area contributed by atoms with E-state index >= 15 is 0 Å². The summed E-state index contributed by atoms with van der Waals surface area (Å²) < 4.78 is 33.7. The molecule has 3 N–H and O–H groups in total. The Labute approximate surface area is 257 Å². The van der Waals surface area contributed by atoms with Crippen molar-refractivity contribution in [3.8, 4) is 11.5 Å². The fourth-order valence-electron chi connectivity index (χ4n) is 6.35. The third-order valence-electron chi connectivity index (χ3n) is 8.84. The maximum absolute atomic E-state index is 14.7. The number of aromatic nitrogens is 4. The number of halogens is 2. The Hall–Kier alpha value is -5.03. The van der Waals surface area contributed by atoms with Crippen LogP contribution < -0.4 is 16.0 Å². The number of hydrogen-bond acceptors (Lipinski definition) is 7. The number of rotatable bonds is 8. The highest BCUT2D eigenvalue weighted by Crippen LogP contribution is 2.52. The second kappa shape index (κ2) is 11.5. The first kappa shape index (κ1) is 28.7. The van der Waals surface area contributed by atoms with E-state index < -0.39 is 22.8 Å². The molecule has 0 saturated heterocycles. The number of carbonyl (C=O) groups excluding carboxylic acids is 1. The molecule has 2 aromatic carbocycles. The number of para-hydroxylation sites is 1. The van der Waals surface area contributed by atoms with Crippen LogP contribution in [0.3, 0.4) is 0 Å². The predicted octanol–water partition coefficient (Wildman–Crippen LogP) is 5.38. The number of nitrogens with zero attached hydrogens (tertiary/aromatic N) is 4. The van der Waals surface area contributed by atoms with Crippen LogP contribution in [0.5, 0.6) is 11.5 Å². The molecule has 45 heavy (non-hydrogen) atoms. The molecule has 7 rings (SSSR count). The zero-order valence-electron chi connectivity index (χ0n) is 24.3. The summed E-state index contributed by atoms with van der Waals surface area (Å²) in [7, 11) is 0. The number of ether oxygens (including phenoxy) is 1. The number of amides is 1. The van der Waals surface area contributed by atoms with Gasteiger partial charge in [-0.05, 0) is 85.7 Å². The fraction of sp³-hybridized carbons (Fsp3) is 0.265. The molecule has 228 valence electrons. The SMILES string of the molecule is NCc1n[nH]c(=O)c2ccc(C3(C(=O)N(Cc4ccc(Oc5c(F)cccc5F)cn4)C4CCCc5cccnc54)CC3)cc12. The molecular weight excluding hydrogens is 578 g/mol. The quantitative estimate of drug-likeness (QED) is 0.242. The summed E-state index contributed by atoms with van der Waals surface area (Å²) in [6, 6.07) is 15.9. The number of aromatic amines is 1. The number of nitrogens with one attached hydrogen (secondary N) is 1. The summed E-state index contributed by atoms with van der Waals surface area (Å²) in [4.78, 5) is 38.3. The standard InChI is InChI=1S/C34H30F2N6O3/c35-26-6-2-7-27(36)31(26)45-23-11-10-22(39-18-23)19-42(29-8-1-4-20-5-3-15-38-30(20)29)33(44)34(13-14-34)21-9-12-24-25(16-21)28(17-37)40-41-32(24)43/h2-3,5-7,9-12,15-16,18,29H,1,4,8,13-14,17,19,37H2,(H,41,43). The minimum absolute atomic E-state index is 0.0481. The molecule has 5 aromatic rings. The first-order valence-corrected chi connectivity index (χ1v) is 14.9. The maximum Gasteiger partial charge on any atom is 0.272 e. The Morgan fingerprint density at radius 2 is 1.87 bits per heavy atom. The van der Waals surface area contributed by atoms with Gasteiger partial charge in [0.15, 0.2) is 17.4 Å². The smallest absolute Gasteiger partial charge is 0.272 e. The minimum atomic E-state index is -0.818. The molecule has 0 spiro atoms. The summed E-state index contributed by atoms with van der Waals surface area (Å²) in [5, 5.41) is 7.72. The van der Waals surface area contributed by atoms with Crippen molar-refractivity contribution in [2.75, 3.05) is 0 Å². The summed E-state index contributed by atoms with van der Waals surface area (Å²) in [5.74, 6) is -2.02. The topological polar surface area (TPSA) is 127 Å². The Morgan fingerprint density at radius 3 is 2.60 bits per heavy atom. The van der Waals surface area contributed by atoms with Crippen LogP contribution in [0, 0.1) is 11.6 Å². The lowest BCUT2D eigenvalue weighted by molar-refractivity contribution is -0.137. The van der Waals surface area contributed by atoms with Gasteiger partial charge in [-0.3, -0.25) is 19.6 Å². The molecule has 2 aliphatic rings. The number of H-pyrrole nitrogens is 1. The second-order valence-electron chi connectivity index (χ2n) is 11.6. The van der Waals surface area contributed by atoms with Crippen molar-refractivity contribution in [1.82, 2.24) is 25.1 Å². The maximum atomic E-state index is 14.7. The molecule has 0 aliphatic heterocycles. The van der Waals surface area contributed by atoms with Gasteiger partial charge in [0.1, 0.15) is 5.75 Å². The molecular formula is C34H30F2N6O3. The lowest BCUT2D eigenvalue weighted by Crippen LogP contribution is -2.43. The molecule has 3 aromatic heterocycles. The van der Waals surface area contributed by atoms with Crippen LogP contribution in [0.15, 0.2) is 77.9 Å². The average Bonchev–Trinajstić information content (AvgIpc) is 3.88. The normalized spacial score (nSPS) is 16.6. The Bertz CT molecular complexity index is 1960. The van der Waals surface area contributed by atoms with Gasteiger partial charge in [0.05, 0.1) is 46.7 Å². The van der Waals surface area contributed by atoms with Gasteiger partial charge in [0, 0.05) is 18.1 Å². The minimum Gasteiger partial charge on any atom is -0.450 e. The highest BCUT2D eigenvalue weighted by molar-refractivity contribution is 5.94. The van der Waals surface area contributed by atoms with Gasteiger partial charge in [-0.25, -0.2) is 13.9 Å². The van der Waals surface area contributed by atoms with E-state index in [9.17, 15) is 18.4 Å². The number of aryl methyl sites for hydroxylation is 1. The van der Waals surface area contributed by atoms with Crippen LogP contribution in [-0.4, -0.2) is 31.0 Å². The Morgan fingerprint density at radius 1 is 1.04 bits per heavy atom. The zero-order chi connectivity index (χ0) is 31.1. The molecule has 11 heteroatoms. The molecule has 9 nitrogen and oxygen atoms in total. The van der Waals surface area contributed by atoms with Gasteiger partial charge in [0.25, 0.3) is 5.56 Å². The number of nitrogens with two attached hydrogens (primary N) is 1. The Balaban J connectivity index is 1.24. The van der Waals surface area contributed by atoms with Gasteiger partial charge < -0.3 is 15.4 Å². The number of hydrogen-bond donors (Lipinski definition) is 2. The van der Waals surface area contributed by atoms with Crippen molar-refractivity contribution in [2.24, 2.45) is 5.73 Å². The monoisotopic (exact) mass is 608 g/mol. The molecule has 0 bridgehead atoms. The van der Waals surface area contributed by atoms with E-state index in [1.54, 1.807) is 24.4 Å². The van der Waals surface area contributed by atoms with E-state index in [4.69, 9.17) is 15.5 Å². The zero-order valence-corrected chi connectivity index (χ0v) is 24.3. The van der Waals surface area contributed by atoms with Gasteiger partial charge >= 0.3 is 0 Å². The average molecular weight is 609 g/mol. The molecule has 1 fully saturated rings. The lowest BCUT2D eigenvalue weighted by atomic mass is 9.87. The lowest BCUT2D eigenvalue weighted by Gasteiger charge is -2.37. The van der Waals surface area contributed by atoms with Gasteiger partial charge in [-0.15, -0.1) is 0 Å². The largest absolute Gasteiger partial charge is 0.450 e. The van der Waals surface area contributed by atoms with Crippen LogP contribution in [0.2, 0.25) is 0 Å². The summed E-state index contributed by atoms with van der Waals surface area (Å²) in [5.41, 5.74) is 8.78. The molecule has 1 unspecified atom stereocenters. The molecule has 0 radical (unpaired) electrons. The Kier molecular flexibility index (Phi) is 7.33. The van der Waals surface area contributed by atoms with Crippen molar-refractivity contribution in [1.29, 1.82) is 0 Å². The van der Waals surface area contributed by atoms with E-state index in [0.717, 1.165) is 48.2 Å². The number of pyridine rings is 2. The number of carbonyl (C=O) groups is 1. The van der Waals surface area contributed by atoms with E-state index in [2.05, 4.69) is 21.2 Å². The first-order valence-electron chi connectivity index (χ1n) is 14.9. The fourth-order valence-corrected chi connectivity index (χ4v) is 6.35. The molecule has 1 saturated carbocycles. The third kappa shape index (κ3) is 5.22. The number of fused-ring (bicyclic) bond motifs is 2. The van der Waals surface area contributed by atoms with E-state index in [0.29, 0.717) is 35.0 Å². The van der Waals surface area contributed by atoms with Crippen molar-refractivity contribution < 1.29 is 18.3 Å². The van der Waals surface area contributed by atoms with Gasteiger partial charge in [-0.2, -0.15) is 5.10 Å². The predicted molar refractivity (Wildman–Crippen MR) is 162 cm³/mol. The van der Waals surface area contributed by atoms with Crippen molar-refractivity contribution in [3.63, 3.8) is 0 Å². The third-order valence-corrected chi connectivity index (χ3v) is 8.84. The van der Waals surface area contributed by atoms with Crippen molar-refractivity contribution in [2.45, 2.75) is 56.7 Å². The summed E-state index contributed by atoms with van der Waals surface area (Å²) in [6.07, 6.45) is 6.98. The van der Waals surface area contributed by atoms with Crippen LogP contribution in [0.4, 0.5) is 8.78 Å². The van der Waals surface area contributed by atoms with E-state index in [1.165, 1.54) is 12.3 Å². The van der Waals surface area contributed by atoms with Gasteiger partial charge in [-0.1, -0.05) is 18.2 Å². The highest BCUT2D eigenvalue weighted by Gasteiger charge is 2.54. The van der Waals surface area contributed by atoms with E-state index in [-0.39, 0.29) is 36.3 Å². The van der Waals surface area contributed by atoms with Crippen LogP contribution >= 0.6 is 0 Å². The van der Waals surface area contributed by atoms with E-state index in [1.807, 2.05) is 23.1 Å². The first-order chi connectivity index (χ1) is 21.9. The van der Waals surface area contributed by atoms with Crippen LogP contribution in [0.1, 0.15) is 59.9 Å². The molecule has 2 aliphatic carbocycles. The summed E-state index contributed by atoms with van der Waals surface area (Å²) in [6.45, 7) is 0.335. The molecule has 3 heterocycles. The van der Waals surface area contributed by atoms with Crippen molar-refractivity contribution in [3.05, 3.63) is 123 Å². The molecule has 1 amide bonds. The summed E-state index contributed by atoms with van der Waals surface area (Å²) >= 11 is 0. The van der Waals surface area contributed by atoms with Crippen LogP contribution in [0.25, 0.3) is 10.8 Å². The second-order valence-corrected chi connectivity index (χ2v) is 11.6.